The fraction of sp³-hybridized carbons (Fsp3) is 0.545. The van der Waals surface area contributed by atoms with Crippen LogP contribution < -0.4 is 5.73 Å². The van der Waals surface area contributed by atoms with Crippen molar-refractivity contribution in [3.05, 3.63) is 23.7 Å². The van der Waals surface area contributed by atoms with Gasteiger partial charge < -0.3 is 5.73 Å². The van der Waals surface area contributed by atoms with Crippen LogP contribution in [0.25, 0.3) is 0 Å². The summed E-state index contributed by atoms with van der Waals surface area (Å²) in [5.41, 5.74) is 6.83. The number of nitrogens with zero attached hydrogens (tertiary/aromatic N) is 2. The van der Waals surface area contributed by atoms with E-state index in [4.69, 9.17) is 5.73 Å². The second-order valence-electron chi connectivity index (χ2n) is 3.97. The third kappa shape index (κ3) is 2.58. The van der Waals surface area contributed by atoms with E-state index in [1.165, 1.54) is 18.5 Å². The number of likely N-dealkylation sites (tertiary alicyclic amines) is 1. The van der Waals surface area contributed by atoms with Crippen molar-refractivity contribution in [2.24, 2.45) is 0 Å². The molecule has 0 aromatic carbocycles. The Bertz CT molecular complexity index is 326. The van der Waals surface area contributed by atoms with Crippen LogP contribution in [0, 0.1) is 0 Å². The van der Waals surface area contributed by atoms with Crippen molar-refractivity contribution < 1.29 is 0 Å². The summed E-state index contributed by atoms with van der Waals surface area (Å²) >= 11 is 1.55. The highest BCUT2D eigenvalue weighted by Crippen LogP contribution is 2.29. The molecule has 1 aliphatic heterocycles. The summed E-state index contributed by atoms with van der Waals surface area (Å²) in [4.78, 5) is 6.79. The number of nitrogen functional groups attached to an aromatic ring is 1. The van der Waals surface area contributed by atoms with Crippen molar-refractivity contribution in [1.29, 1.82) is 0 Å². The molecule has 3 nitrogen and oxygen atoms in total. The first-order valence-electron chi connectivity index (χ1n) is 5.33. The van der Waals surface area contributed by atoms with E-state index in [-0.39, 0.29) is 0 Å². The molecule has 0 amide bonds. The molecule has 0 unspecified atom stereocenters. The third-order valence-electron chi connectivity index (χ3n) is 2.93. The second-order valence-corrected chi connectivity index (χ2v) is 4.86. The number of hydrogen-bond donors (Lipinski definition) is 1. The van der Waals surface area contributed by atoms with E-state index < -0.39 is 0 Å². The van der Waals surface area contributed by atoms with Crippen molar-refractivity contribution in [2.45, 2.75) is 18.8 Å². The average molecular weight is 223 g/mol. The number of thiazole rings is 1. The molecule has 1 fully saturated rings. The topological polar surface area (TPSA) is 42.1 Å². The van der Waals surface area contributed by atoms with Gasteiger partial charge in [0.15, 0.2) is 5.13 Å². The van der Waals surface area contributed by atoms with Crippen molar-refractivity contribution >= 4 is 16.5 Å². The van der Waals surface area contributed by atoms with Gasteiger partial charge in [-0.15, -0.1) is 17.9 Å². The molecule has 0 atom stereocenters. The molecule has 1 saturated heterocycles. The maximum absolute atomic E-state index is 5.64. The standard InChI is InChI=1S/C11H17N3S/c1-2-5-14-6-3-9(4-7-14)10-8-15-11(12)13-10/h2,8-9H,1,3-7H2,(H2,12,13). The van der Waals surface area contributed by atoms with Crippen molar-refractivity contribution in [3.8, 4) is 0 Å². The Kier molecular flexibility index (Phi) is 3.38. The van der Waals surface area contributed by atoms with Gasteiger partial charge in [0.05, 0.1) is 5.69 Å². The van der Waals surface area contributed by atoms with Gasteiger partial charge in [-0.25, -0.2) is 4.98 Å². The minimum atomic E-state index is 0.611. The van der Waals surface area contributed by atoms with Gasteiger partial charge in [-0.2, -0.15) is 0 Å². The molecule has 2 rings (SSSR count). The summed E-state index contributed by atoms with van der Waals surface area (Å²) in [7, 11) is 0. The molecule has 1 aromatic heterocycles. The van der Waals surface area contributed by atoms with Crippen LogP contribution in [0.4, 0.5) is 5.13 Å². The molecule has 0 spiro atoms. The summed E-state index contributed by atoms with van der Waals surface area (Å²) in [6.07, 6.45) is 4.36. The molecule has 15 heavy (non-hydrogen) atoms. The van der Waals surface area contributed by atoms with Crippen LogP contribution in [0.2, 0.25) is 0 Å². The molecular weight excluding hydrogens is 206 g/mol. The van der Waals surface area contributed by atoms with E-state index in [1.807, 2.05) is 6.08 Å². The van der Waals surface area contributed by atoms with Gasteiger partial charge in [-0.3, -0.25) is 4.90 Å². The molecule has 82 valence electrons. The molecule has 2 heterocycles. The molecule has 1 aliphatic rings. The SMILES string of the molecule is C=CCN1CCC(c2csc(N)n2)CC1. The molecular formula is C11H17N3S. The van der Waals surface area contributed by atoms with Gasteiger partial charge in [0, 0.05) is 17.8 Å². The normalized spacial score (nSPS) is 19.2. The molecule has 0 bridgehead atoms. The Morgan fingerprint density at radius 1 is 1.60 bits per heavy atom. The number of aromatic nitrogens is 1. The highest BCUT2D eigenvalue weighted by atomic mass is 32.1. The van der Waals surface area contributed by atoms with Crippen LogP contribution in [0.3, 0.4) is 0 Å². The van der Waals surface area contributed by atoms with Crippen LogP contribution in [0.1, 0.15) is 24.5 Å². The minimum absolute atomic E-state index is 0.611. The molecule has 2 N–H and O–H groups in total. The molecule has 1 aromatic rings. The number of piperidine rings is 1. The zero-order valence-corrected chi connectivity index (χ0v) is 9.67. The maximum atomic E-state index is 5.64. The number of hydrogen-bond acceptors (Lipinski definition) is 4. The highest BCUT2D eigenvalue weighted by molar-refractivity contribution is 7.13. The number of anilines is 1. The summed E-state index contributed by atoms with van der Waals surface area (Å²) in [6.45, 7) is 7.07. The van der Waals surface area contributed by atoms with E-state index in [0.717, 1.165) is 19.6 Å². The van der Waals surface area contributed by atoms with Gasteiger partial charge in [-0.1, -0.05) is 6.08 Å². The Morgan fingerprint density at radius 3 is 2.87 bits per heavy atom. The van der Waals surface area contributed by atoms with Gasteiger partial charge in [0.25, 0.3) is 0 Å². The molecule has 0 saturated carbocycles. The maximum Gasteiger partial charge on any atom is 0.180 e. The minimum Gasteiger partial charge on any atom is -0.375 e. The second kappa shape index (κ2) is 4.77. The van der Waals surface area contributed by atoms with E-state index in [9.17, 15) is 0 Å². The van der Waals surface area contributed by atoms with Gasteiger partial charge >= 0.3 is 0 Å². The van der Waals surface area contributed by atoms with Crippen LogP contribution in [0.15, 0.2) is 18.0 Å². The van der Waals surface area contributed by atoms with Crippen LogP contribution in [-0.2, 0) is 0 Å². The van der Waals surface area contributed by atoms with Crippen LogP contribution >= 0.6 is 11.3 Å². The Hall–Kier alpha value is -0.870. The summed E-state index contributed by atoms with van der Waals surface area (Å²) < 4.78 is 0. The summed E-state index contributed by atoms with van der Waals surface area (Å²) in [5.74, 6) is 0.611. The first-order chi connectivity index (χ1) is 7.29. The van der Waals surface area contributed by atoms with E-state index in [1.54, 1.807) is 11.3 Å². The fourth-order valence-electron chi connectivity index (χ4n) is 2.08. The molecule has 4 heteroatoms. The van der Waals surface area contributed by atoms with Gasteiger partial charge in [0.2, 0.25) is 0 Å². The zero-order chi connectivity index (χ0) is 10.7. The number of rotatable bonds is 3. The summed E-state index contributed by atoms with van der Waals surface area (Å²) in [5, 5.41) is 2.79. The predicted octanol–water partition coefficient (Wildman–Crippen LogP) is 2.09. The first kappa shape index (κ1) is 10.6. The first-order valence-corrected chi connectivity index (χ1v) is 6.21. The van der Waals surface area contributed by atoms with Crippen molar-refractivity contribution in [1.82, 2.24) is 9.88 Å². The van der Waals surface area contributed by atoms with E-state index in [2.05, 4.69) is 21.8 Å². The van der Waals surface area contributed by atoms with Crippen molar-refractivity contribution in [2.75, 3.05) is 25.4 Å². The zero-order valence-electron chi connectivity index (χ0n) is 8.85. The summed E-state index contributed by atoms with van der Waals surface area (Å²) in [6, 6.07) is 0. The van der Waals surface area contributed by atoms with Crippen LogP contribution in [0.5, 0.6) is 0 Å². The highest BCUT2D eigenvalue weighted by Gasteiger charge is 2.21. The number of nitrogens with two attached hydrogens (primary N) is 1. The smallest absolute Gasteiger partial charge is 0.180 e. The monoisotopic (exact) mass is 223 g/mol. The molecule has 0 aliphatic carbocycles. The fourth-order valence-corrected chi connectivity index (χ4v) is 2.73. The lowest BCUT2D eigenvalue weighted by Gasteiger charge is -2.30. The van der Waals surface area contributed by atoms with Gasteiger partial charge in [0.1, 0.15) is 0 Å². The van der Waals surface area contributed by atoms with E-state index in [0.29, 0.717) is 11.0 Å². The Balaban J connectivity index is 1.90. The lowest BCUT2D eigenvalue weighted by atomic mass is 9.94. The quantitative estimate of drug-likeness (QED) is 0.798. The van der Waals surface area contributed by atoms with Gasteiger partial charge in [-0.05, 0) is 25.9 Å². The van der Waals surface area contributed by atoms with E-state index >= 15 is 0 Å². The predicted molar refractivity (Wildman–Crippen MR) is 65.1 cm³/mol. The van der Waals surface area contributed by atoms with Crippen molar-refractivity contribution in [3.63, 3.8) is 0 Å². The third-order valence-corrected chi connectivity index (χ3v) is 3.62. The van der Waals surface area contributed by atoms with Crippen LogP contribution in [-0.4, -0.2) is 29.5 Å². The lowest BCUT2D eigenvalue weighted by Crippen LogP contribution is -2.33. The Morgan fingerprint density at radius 2 is 2.33 bits per heavy atom. The largest absolute Gasteiger partial charge is 0.375 e. The average Bonchev–Trinajstić information content (AvgIpc) is 2.67. The molecule has 0 radical (unpaired) electrons. The lowest BCUT2D eigenvalue weighted by molar-refractivity contribution is 0.231. The Labute approximate surface area is 94.6 Å².